The Morgan fingerprint density at radius 3 is 1.00 bits per heavy atom. The molecule has 0 unspecified atom stereocenters. The fourth-order valence-corrected chi connectivity index (χ4v) is 6.23. The zero-order valence-corrected chi connectivity index (χ0v) is 19.8. The van der Waals surface area contributed by atoms with Crippen molar-refractivity contribution >= 4 is 35.0 Å². The number of amides is 4. The van der Waals surface area contributed by atoms with Crippen molar-refractivity contribution in [3.05, 3.63) is 93.0 Å². The summed E-state index contributed by atoms with van der Waals surface area (Å²) < 4.78 is 0. The van der Waals surface area contributed by atoms with E-state index in [1.54, 1.807) is 24.3 Å². The molecule has 0 saturated carbocycles. The zero-order valence-electron chi connectivity index (χ0n) is 19.8. The van der Waals surface area contributed by atoms with Crippen LogP contribution in [0.5, 0.6) is 0 Å². The van der Waals surface area contributed by atoms with Crippen molar-refractivity contribution in [2.24, 2.45) is 0 Å². The van der Waals surface area contributed by atoms with Crippen molar-refractivity contribution in [3.8, 4) is 0 Å². The molecule has 0 bridgehead atoms. The van der Waals surface area contributed by atoms with E-state index >= 15 is 0 Å². The molecule has 0 radical (unpaired) electrons. The number of fused-ring (bicyclic) bond motifs is 4. The average Bonchev–Trinajstić information content (AvgIpc) is 3.29. The van der Waals surface area contributed by atoms with Crippen LogP contribution in [0.3, 0.4) is 0 Å². The lowest BCUT2D eigenvalue weighted by molar-refractivity contribution is 0.0904. The number of hydrogen-bond donors (Lipinski definition) is 0. The van der Waals surface area contributed by atoms with Crippen LogP contribution in [0, 0.1) is 0 Å². The van der Waals surface area contributed by atoms with Gasteiger partial charge < -0.3 is 0 Å². The summed E-state index contributed by atoms with van der Waals surface area (Å²) in [7, 11) is 0. The molecule has 2 aliphatic carbocycles. The molecule has 36 heavy (non-hydrogen) atoms. The standard InChI is InChI=1S/C30H24N2O4/c33-27-21-13-17-7-1-2-8-18(17)14-22(21)28(34)31(27)25-11-5-6-12-26(25)32-29(35)23-15-19-9-3-4-10-20(19)16-24(23)30(32)36/h5-6,11-16H,1-4,7-10H2. The summed E-state index contributed by atoms with van der Waals surface area (Å²) in [6.45, 7) is 0. The first-order valence-electron chi connectivity index (χ1n) is 12.7. The molecule has 6 nitrogen and oxygen atoms in total. The maximum atomic E-state index is 13.5. The van der Waals surface area contributed by atoms with Crippen LogP contribution in [0.15, 0.2) is 48.5 Å². The van der Waals surface area contributed by atoms with Crippen LogP contribution < -0.4 is 9.80 Å². The third kappa shape index (κ3) is 2.90. The third-order valence-corrected chi connectivity index (χ3v) is 8.06. The molecule has 7 rings (SSSR count). The van der Waals surface area contributed by atoms with Gasteiger partial charge in [0.15, 0.2) is 0 Å². The van der Waals surface area contributed by atoms with Crippen LogP contribution in [0.1, 0.15) is 89.4 Å². The Balaban J connectivity index is 1.31. The predicted octanol–water partition coefficient (Wildman–Crippen LogP) is 5.05. The van der Waals surface area contributed by atoms with Crippen molar-refractivity contribution in [3.63, 3.8) is 0 Å². The third-order valence-electron chi connectivity index (χ3n) is 8.06. The quantitative estimate of drug-likeness (QED) is 0.486. The lowest BCUT2D eigenvalue weighted by atomic mass is 9.88. The molecule has 2 heterocycles. The van der Waals surface area contributed by atoms with Crippen LogP contribution in [0.25, 0.3) is 0 Å². The minimum atomic E-state index is -0.414. The molecule has 0 saturated heterocycles. The van der Waals surface area contributed by atoms with E-state index in [0.717, 1.165) is 83.4 Å². The Morgan fingerprint density at radius 2 is 0.722 bits per heavy atom. The van der Waals surface area contributed by atoms with Crippen LogP contribution >= 0.6 is 0 Å². The summed E-state index contributed by atoms with van der Waals surface area (Å²) in [4.78, 5) is 56.4. The maximum Gasteiger partial charge on any atom is 0.266 e. The minimum Gasteiger partial charge on any atom is -0.268 e. The molecule has 3 aromatic rings. The Kier molecular flexibility index (Phi) is 4.55. The number of aryl methyl sites for hydroxylation is 4. The second kappa shape index (κ2) is 7.72. The summed E-state index contributed by atoms with van der Waals surface area (Å²) in [5, 5.41) is 0. The number of benzene rings is 3. The van der Waals surface area contributed by atoms with Gasteiger partial charge in [-0.1, -0.05) is 12.1 Å². The Hall–Kier alpha value is -4.06. The summed E-state index contributed by atoms with van der Waals surface area (Å²) in [6.07, 6.45) is 7.90. The van der Waals surface area contributed by atoms with Gasteiger partial charge in [0.1, 0.15) is 0 Å². The SMILES string of the molecule is O=C1c2cc3c(cc2C(=O)N1c1ccccc1N1C(=O)c2cc4c(cc2C1=O)CCCC4)CCCC3. The monoisotopic (exact) mass is 476 g/mol. The largest absolute Gasteiger partial charge is 0.268 e. The number of nitrogens with zero attached hydrogens (tertiary/aromatic N) is 2. The van der Waals surface area contributed by atoms with Crippen molar-refractivity contribution in [1.29, 1.82) is 0 Å². The lowest BCUT2D eigenvalue weighted by Gasteiger charge is -2.22. The molecule has 2 aliphatic heterocycles. The number of para-hydroxylation sites is 2. The molecule has 4 amide bonds. The summed E-state index contributed by atoms with van der Waals surface area (Å²) in [5.74, 6) is -1.66. The van der Waals surface area contributed by atoms with E-state index in [1.165, 1.54) is 0 Å². The Labute approximate surface area is 208 Å². The molecule has 6 heteroatoms. The number of carbonyl (C=O) groups is 4. The van der Waals surface area contributed by atoms with E-state index in [0.29, 0.717) is 22.3 Å². The molecule has 0 atom stereocenters. The average molecular weight is 477 g/mol. The first-order valence-corrected chi connectivity index (χ1v) is 12.7. The van der Waals surface area contributed by atoms with Crippen molar-refractivity contribution in [2.75, 3.05) is 9.80 Å². The van der Waals surface area contributed by atoms with Crippen molar-refractivity contribution in [2.45, 2.75) is 51.4 Å². The number of imide groups is 2. The first kappa shape index (κ1) is 21.2. The normalized spacial score (nSPS) is 18.3. The molecule has 3 aromatic carbocycles. The molecule has 0 N–H and O–H groups in total. The molecule has 178 valence electrons. The smallest absolute Gasteiger partial charge is 0.266 e. The second-order valence-electron chi connectivity index (χ2n) is 10.1. The van der Waals surface area contributed by atoms with Crippen LogP contribution in [0.4, 0.5) is 11.4 Å². The Bertz CT molecular complexity index is 1330. The van der Waals surface area contributed by atoms with Crippen molar-refractivity contribution < 1.29 is 19.2 Å². The summed E-state index contributed by atoms with van der Waals surface area (Å²) >= 11 is 0. The van der Waals surface area contributed by atoms with Gasteiger partial charge in [0, 0.05) is 0 Å². The molecular weight excluding hydrogens is 452 g/mol. The van der Waals surface area contributed by atoms with Gasteiger partial charge in [0.25, 0.3) is 23.6 Å². The van der Waals surface area contributed by atoms with Gasteiger partial charge in [-0.25, -0.2) is 9.80 Å². The van der Waals surface area contributed by atoms with Crippen LogP contribution in [-0.2, 0) is 25.7 Å². The van der Waals surface area contributed by atoms with Gasteiger partial charge in [-0.3, -0.25) is 19.2 Å². The summed E-state index contributed by atoms with van der Waals surface area (Å²) in [6, 6.07) is 14.1. The predicted molar refractivity (Wildman–Crippen MR) is 135 cm³/mol. The number of carbonyl (C=O) groups excluding carboxylic acids is 4. The van der Waals surface area contributed by atoms with Gasteiger partial charge in [-0.05, 0) is 110 Å². The highest BCUT2D eigenvalue weighted by molar-refractivity contribution is 6.39. The maximum absolute atomic E-state index is 13.5. The Morgan fingerprint density at radius 1 is 0.444 bits per heavy atom. The van der Waals surface area contributed by atoms with E-state index in [9.17, 15) is 19.2 Å². The van der Waals surface area contributed by atoms with Gasteiger partial charge in [0.05, 0.1) is 33.6 Å². The number of hydrogen-bond acceptors (Lipinski definition) is 4. The van der Waals surface area contributed by atoms with Gasteiger partial charge >= 0.3 is 0 Å². The van der Waals surface area contributed by atoms with E-state index in [4.69, 9.17) is 0 Å². The second-order valence-corrected chi connectivity index (χ2v) is 10.1. The van der Waals surface area contributed by atoms with Gasteiger partial charge in [-0.2, -0.15) is 0 Å². The van der Waals surface area contributed by atoms with Gasteiger partial charge in [-0.15, -0.1) is 0 Å². The minimum absolute atomic E-state index is 0.251. The zero-order chi connectivity index (χ0) is 24.6. The molecule has 0 spiro atoms. The number of rotatable bonds is 2. The van der Waals surface area contributed by atoms with Crippen LogP contribution in [-0.4, -0.2) is 23.6 Å². The fraction of sp³-hybridized carbons (Fsp3) is 0.267. The molecule has 0 aromatic heterocycles. The highest BCUT2D eigenvalue weighted by Crippen LogP contribution is 2.40. The van der Waals surface area contributed by atoms with Gasteiger partial charge in [0.2, 0.25) is 0 Å². The molecule has 4 aliphatic rings. The van der Waals surface area contributed by atoms with E-state index < -0.39 is 23.6 Å². The van der Waals surface area contributed by atoms with E-state index in [-0.39, 0.29) is 11.4 Å². The van der Waals surface area contributed by atoms with Crippen LogP contribution in [0.2, 0.25) is 0 Å². The fourth-order valence-electron chi connectivity index (χ4n) is 6.23. The van der Waals surface area contributed by atoms with E-state index in [1.807, 2.05) is 24.3 Å². The van der Waals surface area contributed by atoms with Crippen molar-refractivity contribution in [1.82, 2.24) is 0 Å². The molecular formula is C30H24N2O4. The summed E-state index contributed by atoms with van der Waals surface area (Å²) in [5.41, 5.74) is 6.58. The number of anilines is 2. The lowest BCUT2D eigenvalue weighted by Crippen LogP contribution is -2.35. The topological polar surface area (TPSA) is 74.8 Å². The molecule has 0 fully saturated rings. The van der Waals surface area contributed by atoms with E-state index in [2.05, 4.69) is 0 Å². The highest BCUT2D eigenvalue weighted by Gasteiger charge is 2.43. The first-order chi connectivity index (χ1) is 17.5. The highest BCUT2D eigenvalue weighted by atomic mass is 16.2.